The highest BCUT2D eigenvalue weighted by molar-refractivity contribution is 5.96. The second kappa shape index (κ2) is 10.8. The molecule has 0 radical (unpaired) electrons. The van der Waals surface area contributed by atoms with Crippen LogP contribution in [0.2, 0.25) is 0 Å². The van der Waals surface area contributed by atoms with E-state index in [4.69, 9.17) is 14.6 Å². The molecular weight excluding hydrogens is 460 g/mol. The Kier molecular flexibility index (Phi) is 7.78. The van der Waals surface area contributed by atoms with Crippen LogP contribution in [0.25, 0.3) is 0 Å². The lowest BCUT2D eigenvalue weighted by molar-refractivity contribution is 0.0160. The normalized spacial score (nSPS) is 17.6. The summed E-state index contributed by atoms with van der Waals surface area (Å²) in [6.45, 7) is 6.92. The summed E-state index contributed by atoms with van der Waals surface area (Å²) in [4.78, 5) is 39.1. The summed E-state index contributed by atoms with van der Waals surface area (Å²) in [5.41, 5.74) is 3.50. The van der Waals surface area contributed by atoms with E-state index in [-0.39, 0.29) is 29.8 Å². The number of benzene rings is 1. The summed E-state index contributed by atoms with van der Waals surface area (Å²) in [5, 5.41) is 7.92. The first-order valence-electron chi connectivity index (χ1n) is 12.7. The fourth-order valence-electron chi connectivity index (χ4n) is 5.03. The molecule has 0 bridgehead atoms. The molecule has 0 aliphatic carbocycles. The maximum absolute atomic E-state index is 13.0. The van der Waals surface area contributed by atoms with Crippen molar-refractivity contribution in [2.24, 2.45) is 11.3 Å². The predicted octanol–water partition coefficient (Wildman–Crippen LogP) is 2.72. The zero-order valence-electron chi connectivity index (χ0n) is 21.6. The first kappa shape index (κ1) is 25.9. The first-order valence-corrected chi connectivity index (χ1v) is 12.7. The van der Waals surface area contributed by atoms with Crippen LogP contribution >= 0.6 is 0 Å². The van der Waals surface area contributed by atoms with E-state index in [1.54, 1.807) is 43.0 Å². The number of esters is 1. The van der Waals surface area contributed by atoms with E-state index in [9.17, 15) is 14.4 Å². The van der Waals surface area contributed by atoms with Gasteiger partial charge in [-0.2, -0.15) is 5.10 Å². The van der Waals surface area contributed by atoms with Gasteiger partial charge in [-0.25, -0.2) is 4.79 Å². The third-order valence-corrected chi connectivity index (χ3v) is 7.19. The van der Waals surface area contributed by atoms with E-state index in [1.165, 1.54) is 4.90 Å². The van der Waals surface area contributed by atoms with Crippen molar-refractivity contribution < 1.29 is 23.9 Å². The van der Waals surface area contributed by atoms with Crippen molar-refractivity contribution in [3.8, 4) is 0 Å². The van der Waals surface area contributed by atoms with E-state index in [0.29, 0.717) is 49.5 Å². The number of rotatable bonds is 7. The van der Waals surface area contributed by atoms with Crippen molar-refractivity contribution in [1.29, 1.82) is 0 Å². The standard InChI is InChI=1S/C27H36N4O5/c1-5-31-23-21(15-27(17-28-24(23)32)10-12-35-13-11-27)22(29-31)14-18(2)16-36-26(34)20-8-6-19(7-9-20)25(33)30(3)4/h6-9,18H,5,10-17H2,1-4H3,(H,28,32)/t18-/m1/s1. The van der Waals surface area contributed by atoms with Crippen LogP contribution in [0, 0.1) is 11.3 Å². The molecule has 1 saturated heterocycles. The molecule has 1 N–H and O–H groups in total. The first-order chi connectivity index (χ1) is 17.2. The van der Waals surface area contributed by atoms with Crippen LogP contribution in [0.1, 0.15) is 69.2 Å². The Balaban J connectivity index is 1.44. The molecule has 1 atom stereocenters. The Hall–Kier alpha value is -3.20. The fourth-order valence-corrected chi connectivity index (χ4v) is 5.03. The van der Waals surface area contributed by atoms with Crippen molar-refractivity contribution in [1.82, 2.24) is 20.0 Å². The molecule has 3 heterocycles. The van der Waals surface area contributed by atoms with Crippen molar-refractivity contribution in [2.75, 3.05) is 40.5 Å². The average Bonchev–Trinajstić information content (AvgIpc) is 3.15. The molecule has 2 aromatic rings. The third-order valence-electron chi connectivity index (χ3n) is 7.19. The molecular formula is C27H36N4O5. The van der Waals surface area contributed by atoms with Gasteiger partial charge in [0.05, 0.1) is 17.9 Å². The zero-order chi connectivity index (χ0) is 25.9. The van der Waals surface area contributed by atoms with Crippen LogP contribution in [0.5, 0.6) is 0 Å². The third kappa shape index (κ3) is 5.46. The number of aromatic nitrogens is 2. The Morgan fingerprint density at radius 2 is 1.86 bits per heavy atom. The second-order valence-corrected chi connectivity index (χ2v) is 10.2. The molecule has 2 aliphatic heterocycles. The highest BCUT2D eigenvalue weighted by atomic mass is 16.5. The number of carbonyl (C=O) groups is 3. The molecule has 4 rings (SSSR count). The maximum atomic E-state index is 13.0. The van der Waals surface area contributed by atoms with Gasteiger partial charge in [0.1, 0.15) is 5.69 Å². The molecule has 1 aromatic heterocycles. The minimum absolute atomic E-state index is 0.00858. The highest BCUT2D eigenvalue weighted by Gasteiger charge is 2.39. The molecule has 0 unspecified atom stereocenters. The molecule has 1 spiro atoms. The average molecular weight is 497 g/mol. The summed E-state index contributed by atoms with van der Waals surface area (Å²) in [7, 11) is 3.37. The molecule has 9 nitrogen and oxygen atoms in total. The topological polar surface area (TPSA) is 103 Å². The van der Waals surface area contributed by atoms with E-state index < -0.39 is 5.97 Å². The van der Waals surface area contributed by atoms with Gasteiger partial charge < -0.3 is 19.7 Å². The van der Waals surface area contributed by atoms with Gasteiger partial charge in [0.25, 0.3) is 11.8 Å². The number of aryl methyl sites for hydroxylation is 1. The lowest BCUT2D eigenvalue weighted by Gasteiger charge is -2.36. The molecule has 194 valence electrons. The molecule has 0 saturated carbocycles. The monoisotopic (exact) mass is 496 g/mol. The van der Waals surface area contributed by atoms with E-state index in [0.717, 1.165) is 30.5 Å². The van der Waals surface area contributed by atoms with E-state index in [2.05, 4.69) is 5.32 Å². The van der Waals surface area contributed by atoms with Gasteiger partial charge in [-0.1, -0.05) is 6.92 Å². The minimum atomic E-state index is -0.427. The number of amides is 2. The van der Waals surface area contributed by atoms with E-state index in [1.807, 2.05) is 13.8 Å². The summed E-state index contributed by atoms with van der Waals surface area (Å²) in [5.74, 6) is -0.594. The van der Waals surface area contributed by atoms with Gasteiger partial charge >= 0.3 is 5.97 Å². The second-order valence-electron chi connectivity index (χ2n) is 10.2. The van der Waals surface area contributed by atoms with Crippen molar-refractivity contribution in [3.63, 3.8) is 0 Å². The highest BCUT2D eigenvalue weighted by Crippen LogP contribution is 2.38. The summed E-state index contributed by atoms with van der Waals surface area (Å²) in [6.07, 6.45) is 3.23. The molecule has 2 amide bonds. The van der Waals surface area contributed by atoms with Crippen LogP contribution in [0.15, 0.2) is 24.3 Å². The van der Waals surface area contributed by atoms with Gasteiger partial charge in [-0.3, -0.25) is 14.3 Å². The van der Waals surface area contributed by atoms with Crippen molar-refractivity contribution >= 4 is 17.8 Å². The lowest BCUT2D eigenvalue weighted by Crippen LogP contribution is -2.40. The Labute approximate surface area is 212 Å². The van der Waals surface area contributed by atoms with Gasteiger partial charge in [0, 0.05) is 51.5 Å². The quantitative estimate of drug-likeness (QED) is 0.592. The van der Waals surface area contributed by atoms with Gasteiger partial charge in [0.15, 0.2) is 0 Å². The van der Waals surface area contributed by atoms with Crippen molar-refractivity contribution in [2.45, 2.75) is 46.1 Å². The number of hydrogen-bond acceptors (Lipinski definition) is 6. The molecule has 1 aromatic carbocycles. The van der Waals surface area contributed by atoms with Crippen molar-refractivity contribution in [3.05, 3.63) is 52.3 Å². The number of nitrogens with one attached hydrogen (secondary N) is 1. The minimum Gasteiger partial charge on any atom is -0.462 e. The largest absolute Gasteiger partial charge is 0.462 e. The Morgan fingerprint density at radius 1 is 1.19 bits per heavy atom. The van der Waals surface area contributed by atoms with Crippen LogP contribution in [-0.2, 0) is 28.9 Å². The molecule has 36 heavy (non-hydrogen) atoms. The van der Waals surface area contributed by atoms with Gasteiger partial charge in [0.2, 0.25) is 0 Å². The molecule has 1 fully saturated rings. The molecule has 2 aliphatic rings. The zero-order valence-corrected chi connectivity index (χ0v) is 21.6. The summed E-state index contributed by atoms with van der Waals surface area (Å²) < 4.78 is 13.0. The number of nitrogens with zero attached hydrogens (tertiary/aromatic N) is 3. The number of fused-ring (bicyclic) bond motifs is 1. The van der Waals surface area contributed by atoms with Gasteiger partial charge in [-0.05, 0) is 68.2 Å². The number of carbonyl (C=O) groups excluding carboxylic acids is 3. The van der Waals surface area contributed by atoms with Crippen LogP contribution in [-0.4, -0.2) is 72.9 Å². The fraction of sp³-hybridized carbons (Fsp3) is 0.556. The van der Waals surface area contributed by atoms with Crippen LogP contribution in [0.4, 0.5) is 0 Å². The van der Waals surface area contributed by atoms with Crippen LogP contribution in [0.3, 0.4) is 0 Å². The smallest absolute Gasteiger partial charge is 0.338 e. The Morgan fingerprint density at radius 3 is 2.50 bits per heavy atom. The molecule has 9 heteroatoms. The van der Waals surface area contributed by atoms with Gasteiger partial charge in [-0.15, -0.1) is 0 Å². The lowest BCUT2D eigenvalue weighted by atomic mass is 9.75. The SMILES string of the molecule is CCn1nc(C[C@@H](C)COC(=O)c2ccc(C(=O)N(C)C)cc2)c2c1C(=O)NCC1(CCOCC1)C2. The summed E-state index contributed by atoms with van der Waals surface area (Å²) in [6, 6.07) is 6.48. The number of ether oxygens (including phenoxy) is 2. The Bertz CT molecular complexity index is 1120. The predicted molar refractivity (Wildman–Crippen MR) is 134 cm³/mol. The van der Waals surface area contributed by atoms with E-state index >= 15 is 0 Å². The summed E-state index contributed by atoms with van der Waals surface area (Å²) >= 11 is 0. The van der Waals surface area contributed by atoms with Crippen LogP contribution < -0.4 is 5.32 Å². The maximum Gasteiger partial charge on any atom is 0.338 e. The number of hydrogen-bond donors (Lipinski definition) is 1.